The van der Waals surface area contributed by atoms with Gasteiger partial charge in [0.05, 0.1) is 19.3 Å². The third-order valence-corrected chi connectivity index (χ3v) is 3.99. The Morgan fingerprint density at radius 1 is 1.09 bits per heavy atom. The first kappa shape index (κ1) is 18.2. The Bertz CT molecular complexity index is 604. The van der Waals surface area contributed by atoms with Crippen LogP contribution in [0.2, 0.25) is 10.0 Å². The molecule has 0 heterocycles. The van der Waals surface area contributed by atoms with Crippen molar-refractivity contribution in [3.8, 4) is 0 Å². The molecule has 0 aliphatic heterocycles. The first-order valence-electron chi connectivity index (χ1n) is 7.53. The van der Waals surface area contributed by atoms with Crippen LogP contribution < -0.4 is 5.32 Å². The van der Waals surface area contributed by atoms with Gasteiger partial charge >= 0.3 is 0 Å². The third kappa shape index (κ3) is 6.50. The van der Waals surface area contributed by atoms with E-state index in [-0.39, 0.29) is 12.6 Å². The molecule has 0 fully saturated rings. The van der Waals surface area contributed by atoms with Crippen LogP contribution in [-0.2, 0) is 11.3 Å². The molecule has 0 aliphatic rings. The maximum Gasteiger partial charge on any atom is 0.0898 e. The molecular weight excluding hydrogens is 333 g/mol. The lowest BCUT2D eigenvalue weighted by molar-refractivity contribution is 0.0278. The lowest BCUT2D eigenvalue weighted by Gasteiger charge is -2.18. The zero-order valence-corrected chi connectivity index (χ0v) is 14.5. The van der Waals surface area contributed by atoms with Gasteiger partial charge in [-0.25, -0.2) is 0 Å². The van der Waals surface area contributed by atoms with Crippen LogP contribution in [0.5, 0.6) is 0 Å². The molecule has 2 N–H and O–H groups in total. The third-order valence-electron chi connectivity index (χ3n) is 3.50. The summed E-state index contributed by atoms with van der Waals surface area (Å²) in [5.41, 5.74) is 2.12. The number of rotatable bonds is 8. The Labute approximate surface area is 147 Å². The minimum absolute atomic E-state index is 0.111. The van der Waals surface area contributed by atoms with Crippen LogP contribution in [-0.4, -0.2) is 24.4 Å². The summed E-state index contributed by atoms with van der Waals surface area (Å²) in [5.74, 6) is 0. The Balaban J connectivity index is 1.68. The summed E-state index contributed by atoms with van der Waals surface area (Å²) in [5, 5.41) is 14.7. The van der Waals surface area contributed by atoms with Crippen LogP contribution in [0.3, 0.4) is 0 Å². The van der Waals surface area contributed by atoms with E-state index in [0.717, 1.165) is 11.1 Å². The van der Waals surface area contributed by atoms with Crippen molar-refractivity contribution >= 4 is 23.2 Å². The van der Waals surface area contributed by atoms with Gasteiger partial charge < -0.3 is 15.2 Å². The largest absolute Gasteiger partial charge is 0.389 e. The van der Waals surface area contributed by atoms with Gasteiger partial charge in [-0.05, 0) is 42.3 Å². The number of aliphatic hydroxyl groups is 1. The van der Waals surface area contributed by atoms with E-state index >= 15 is 0 Å². The molecule has 0 aliphatic carbocycles. The SMILES string of the molecule is CC(NCC(O)COCc1ccc(Cl)cc1)c1cccc(Cl)c1. The number of benzene rings is 2. The molecule has 0 amide bonds. The normalized spacial score (nSPS) is 13.7. The highest BCUT2D eigenvalue weighted by Gasteiger charge is 2.09. The highest BCUT2D eigenvalue weighted by molar-refractivity contribution is 6.30. The summed E-state index contributed by atoms with van der Waals surface area (Å²) in [6.45, 7) is 3.22. The molecule has 2 atom stereocenters. The predicted octanol–water partition coefficient (Wildman–Crippen LogP) is 4.22. The Hall–Kier alpha value is -1.10. The molecule has 0 saturated heterocycles. The van der Waals surface area contributed by atoms with Crippen molar-refractivity contribution in [2.75, 3.05) is 13.2 Å². The van der Waals surface area contributed by atoms with Crippen LogP contribution >= 0.6 is 23.2 Å². The minimum Gasteiger partial charge on any atom is -0.389 e. The molecule has 0 aromatic heterocycles. The van der Waals surface area contributed by atoms with Crippen molar-refractivity contribution in [3.63, 3.8) is 0 Å². The fraction of sp³-hybridized carbons (Fsp3) is 0.333. The standard InChI is InChI=1S/C18H21Cl2NO2/c1-13(15-3-2-4-17(20)9-15)21-10-18(22)12-23-11-14-5-7-16(19)8-6-14/h2-9,13,18,21-22H,10-12H2,1H3. The molecule has 2 unspecified atom stereocenters. The van der Waals surface area contributed by atoms with Crippen LogP contribution in [0, 0.1) is 0 Å². The minimum atomic E-state index is -0.566. The van der Waals surface area contributed by atoms with Crippen LogP contribution in [0.4, 0.5) is 0 Å². The van der Waals surface area contributed by atoms with Gasteiger partial charge in [0.15, 0.2) is 0 Å². The fourth-order valence-electron chi connectivity index (χ4n) is 2.16. The number of nitrogens with one attached hydrogen (secondary N) is 1. The highest BCUT2D eigenvalue weighted by Crippen LogP contribution is 2.17. The van der Waals surface area contributed by atoms with Crippen LogP contribution in [0.1, 0.15) is 24.1 Å². The second-order valence-electron chi connectivity index (χ2n) is 5.48. The quantitative estimate of drug-likeness (QED) is 0.746. The van der Waals surface area contributed by atoms with E-state index in [1.807, 2.05) is 55.5 Å². The molecule has 124 valence electrons. The maximum absolute atomic E-state index is 9.99. The number of halogens is 2. The first-order chi connectivity index (χ1) is 11.0. The van der Waals surface area contributed by atoms with E-state index in [2.05, 4.69) is 5.32 Å². The summed E-state index contributed by atoms with van der Waals surface area (Å²) in [6, 6.07) is 15.3. The van der Waals surface area contributed by atoms with E-state index in [9.17, 15) is 5.11 Å². The fourth-order valence-corrected chi connectivity index (χ4v) is 2.48. The van der Waals surface area contributed by atoms with Gasteiger partial charge in [-0.15, -0.1) is 0 Å². The summed E-state index contributed by atoms with van der Waals surface area (Å²) in [6.07, 6.45) is -0.566. The highest BCUT2D eigenvalue weighted by atomic mass is 35.5. The average Bonchev–Trinajstić information content (AvgIpc) is 2.54. The maximum atomic E-state index is 9.99. The van der Waals surface area contributed by atoms with Crippen molar-refractivity contribution in [3.05, 3.63) is 69.7 Å². The summed E-state index contributed by atoms with van der Waals surface area (Å²) >= 11 is 11.8. The van der Waals surface area contributed by atoms with Crippen molar-refractivity contribution in [2.45, 2.75) is 25.7 Å². The monoisotopic (exact) mass is 353 g/mol. The molecule has 0 saturated carbocycles. The van der Waals surface area contributed by atoms with Gasteiger partial charge in [0, 0.05) is 22.6 Å². The number of aliphatic hydroxyl groups excluding tert-OH is 1. The van der Waals surface area contributed by atoms with E-state index in [4.69, 9.17) is 27.9 Å². The van der Waals surface area contributed by atoms with E-state index in [1.54, 1.807) is 0 Å². The summed E-state index contributed by atoms with van der Waals surface area (Å²) in [7, 11) is 0. The lowest BCUT2D eigenvalue weighted by Crippen LogP contribution is -2.32. The van der Waals surface area contributed by atoms with E-state index in [1.165, 1.54) is 0 Å². The second-order valence-corrected chi connectivity index (χ2v) is 6.35. The Morgan fingerprint density at radius 2 is 1.83 bits per heavy atom. The molecule has 0 spiro atoms. The van der Waals surface area contributed by atoms with Crippen molar-refractivity contribution in [2.24, 2.45) is 0 Å². The number of hydrogen-bond acceptors (Lipinski definition) is 3. The van der Waals surface area contributed by atoms with Gasteiger partial charge in [-0.3, -0.25) is 0 Å². The molecule has 2 aromatic rings. The van der Waals surface area contributed by atoms with Gasteiger partial charge in [0.25, 0.3) is 0 Å². The molecule has 5 heteroatoms. The van der Waals surface area contributed by atoms with Gasteiger partial charge in [0.1, 0.15) is 0 Å². The topological polar surface area (TPSA) is 41.5 Å². The smallest absolute Gasteiger partial charge is 0.0898 e. The predicted molar refractivity (Wildman–Crippen MR) is 95.0 cm³/mol. The van der Waals surface area contributed by atoms with Crippen molar-refractivity contribution in [1.29, 1.82) is 0 Å². The van der Waals surface area contributed by atoms with Crippen molar-refractivity contribution in [1.82, 2.24) is 5.32 Å². The molecular formula is C18H21Cl2NO2. The summed E-state index contributed by atoms with van der Waals surface area (Å²) < 4.78 is 5.52. The van der Waals surface area contributed by atoms with Gasteiger partial charge in [0.2, 0.25) is 0 Å². The van der Waals surface area contributed by atoms with Gasteiger partial charge in [-0.2, -0.15) is 0 Å². The van der Waals surface area contributed by atoms with Crippen molar-refractivity contribution < 1.29 is 9.84 Å². The second kappa shape index (κ2) is 9.26. The Morgan fingerprint density at radius 3 is 2.52 bits per heavy atom. The zero-order chi connectivity index (χ0) is 16.7. The van der Waals surface area contributed by atoms with E-state index < -0.39 is 6.10 Å². The van der Waals surface area contributed by atoms with Crippen LogP contribution in [0.15, 0.2) is 48.5 Å². The number of hydrogen-bond donors (Lipinski definition) is 2. The summed E-state index contributed by atoms with van der Waals surface area (Å²) in [4.78, 5) is 0. The molecule has 23 heavy (non-hydrogen) atoms. The molecule has 2 rings (SSSR count). The molecule has 2 aromatic carbocycles. The number of ether oxygens (including phenoxy) is 1. The zero-order valence-electron chi connectivity index (χ0n) is 13.0. The average molecular weight is 354 g/mol. The van der Waals surface area contributed by atoms with E-state index in [0.29, 0.717) is 23.2 Å². The lowest BCUT2D eigenvalue weighted by atomic mass is 10.1. The first-order valence-corrected chi connectivity index (χ1v) is 8.29. The molecule has 3 nitrogen and oxygen atoms in total. The van der Waals surface area contributed by atoms with Gasteiger partial charge in [-0.1, -0.05) is 47.5 Å². The molecule has 0 radical (unpaired) electrons. The Kier molecular flexibility index (Phi) is 7.34. The molecule has 0 bridgehead atoms. The van der Waals surface area contributed by atoms with Crippen LogP contribution in [0.25, 0.3) is 0 Å².